The number of anilines is 1. The van der Waals surface area contributed by atoms with E-state index in [1.807, 2.05) is 86.8 Å². The molecule has 0 aliphatic rings. The van der Waals surface area contributed by atoms with Gasteiger partial charge in [0.25, 0.3) is 0 Å². The van der Waals surface area contributed by atoms with Crippen LogP contribution >= 0.6 is 0 Å². The van der Waals surface area contributed by atoms with Crippen LogP contribution in [0.4, 0.5) is 5.69 Å². The molecule has 3 aromatic carbocycles. The molecule has 0 bridgehead atoms. The molecule has 0 fully saturated rings. The Kier molecular flexibility index (Phi) is 5.36. The lowest BCUT2D eigenvalue weighted by Crippen LogP contribution is -2.02. The standard InChI is InChI=1S/C22H23NO2/c1-16-13-19(22(24)18-9-6-10-20(14-18)23-2)11-12-21(16)25-15-17-7-4-3-5-8-17/h3-14,22-24H,15H2,1-2H3. The molecule has 128 valence electrons. The highest BCUT2D eigenvalue weighted by Gasteiger charge is 2.12. The normalized spacial score (nSPS) is 11.8. The van der Waals surface area contributed by atoms with Crippen LogP contribution in [0.1, 0.15) is 28.4 Å². The number of hydrogen-bond acceptors (Lipinski definition) is 3. The first-order valence-corrected chi connectivity index (χ1v) is 8.40. The van der Waals surface area contributed by atoms with Crippen LogP contribution in [0.5, 0.6) is 5.75 Å². The van der Waals surface area contributed by atoms with E-state index >= 15 is 0 Å². The Balaban J connectivity index is 1.74. The molecule has 0 saturated heterocycles. The average molecular weight is 333 g/mol. The summed E-state index contributed by atoms with van der Waals surface area (Å²) in [4.78, 5) is 0. The molecule has 25 heavy (non-hydrogen) atoms. The predicted molar refractivity (Wildman–Crippen MR) is 102 cm³/mol. The maximum atomic E-state index is 10.7. The van der Waals surface area contributed by atoms with Crippen molar-refractivity contribution in [3.8, 4) is 5.75 Å². The third-order valence-corrected chi connectivity index (χ3v) is 4.24. The van der Waals surface area contributed by atoms with Crippen molar-refractivity contribution < 1.29 is 9.84 Å². The quantitative estimate of drug-likeness (QED) is 0.687. The van der Waals surface area contributed by atoms with Gasteiger partial charge in [-0.25, -0.2) is 0 Å². The Labute approximate surface area is 148 Å². The molecule has 0 radical (unpaired) electrons. The first-order chi connectivity index (χ1) is 12.2. The fourth-order valence-corrected chi connectivity index (χ4v) is 2.80. The number of rotatable bonds is 6. The minimum absolute atomic E-state index is 0.536. The molecular formula is C22H23NO2. The number of aliphatic hydroxyl groups excluding tert-OH is 1. The van der Waals surface area contributed by atoms with Crippen LogP contribution < -0.4 is 10.1 Å². The number of hydrogen-bond donors (Lipinski definition) is 2. The van der Waals surface area contributed by atoms with E-state index < -0.39 is 6.10 Å². The van der Waals surface area contributed by atoms with Gasteiger partial charge in [-0.15, -0.1) is 0 Å². The summed E-state index contributed by atoms with van der Waals surface area (Å²) in [6.07, 6.45) is -0.657. The van der Waals surface area contributed by atoms with Gasteiger partial charge in [0, 0.05) is 12.7 Å². The van der Waals surface area contributed by atoms with E-state index in [9.17, 15) is 5.11 Å². The van der Waals surface area contributed by atoms with E-state index in [0.717, 1.165) is 33.7 Å². The number of aliphatic hydroxyl groups is 1. The van der Waals surface area contributed by atoms with E-state index in [2.05, 4.69) is 5.32 Å². The van der Waals surface area contributed by atoms with E-state index in [1.165, 1.54) is 0 Å². The highest BCUT2D eigenvalue weighted by Crippen LogP contribution is 2.28. The second-order valence-electron chi connectivity index (χ2n) is 6.08. The minimum atomic E-state index is -0.657. The Morgan fingerprint density at radius 1 is 0.920 bits per heavy atom. The number of ether oxygens (including phenoxy) is 1. The molecule has 1 unspecified atom stereocenters. The van der Waals surface area contributed by atoms with Gasteiger partial charge < -0.3 is 15.2 Å². The molecule has 0 spiro atoms. The molecule has 0 heterocycles. The van der Waals surface area contributed by atoms with Crippen LogP contribution in [-0.2, 0) is 6.61 Å². The van der Waals surface area contributed by atoms with Gasteiger partial charge >= 0.3 is 0 Å². The minimum Gasteiger partial charge on any atom is -0.489 e. The lowest BCUT2D eigenvalue weighted by Gasteiger charge is -2.15. The second kappa shape index (κ2) is 7.86. The number of nitrogens with one attached hydrogen (secondary N) is 1. The number of aryl methyl sites for hydroxylation is 1. The molecule has 3 heteroatoms. The van der Waals surface area contributed by atoms with Gasteiger partial charge in [-0.05, 0) is 53.4 Å². The summed E-state index contributed by atoms with van der Waals surface area (Å²) >= 11 is 0. The van der Waals surface area contributed by atoms with Crippen molar-refractivity contribution in [2.45, 2.75) is 19.6 Å². The van der Waals surface area contributed by atoms with Crippen molar-refractivity contribution in [1.82, 2.24) is 0 Å². The molecule has 0 amide bonds. The number of benzene rings is 3. The molecule has 2 N–H and O–H groups in total. The topological polar surface area (TPSA) is 41.5 Å². The van der Waals surface area contributed by atoms with Crippen LogP contribution in [0.25, 0.3) is 0 Å². The van der Waals surface area contributed by atoms with E-state index in [1.54, 1.807) is 0 Å². The molecular weight excluding hydrogens is 310 g/mol. The lowest BCUT2D eigenvalue weighted by molar-refractivity contribution is 0.220. The van der Waals surface area contributed by atoms with Gasteiger partial charge in [0.2, 0.25) is 0 Å². The first kappa shape index (κ1) is 17.1. The lowest BCUT2D eigenvalue weighted by atomic mass is 9.99. The molecule has 3 rings (SSSR count). The zero-order valence-corrected chi connectivity index (χ0v) is 14.6. The van der Waals surface area contributed by atoms with E-state index in [0.29, 0.717) is 6.61 Å². The zero-order chi connectivity index (χ0) is 17.6. The largest absolute Gasteiger partial charge is 0.489 e. The molecule has 0 aromatic heterocycles. The molecule has 1 atom stereocenters. The van der Waals surface area contributed by atoms with E-state index in [-0.39, 0.29) is 0 Å². The highest BCUT2D eigenvalue weighted by molar-refractivity contribution is 5.48. The Bertz CT molecular complexity index is 830. The van der Waals surface area contributed by atoms with Crippen LogP contribution in [0, 0.1) is 6.92 Å². The first-order valence-electron chi connectivity index (χ1n) is 8.40. The van der Waals surface area contributed by atoms with Gasteiger partial charge in [-0.3, -0.25) is 0 Å². The Morgan fingerprint density at radius 3 is 2.40 bits per heavy atom. The molecule has 0 saturated carbocycles. The third kappa shape index (κ3) is 4.20. The summed E-state index contributed by atoms with van der Waals surface area (Å²) in [5.41, 5.74) is 4.85. The fraction of sp³-hybridized carbons (Fsp3) is 0.182. The van der Waals surface area contributed by atoms with E-state index in [4.69, 9.17) is 4.74 Å². The fourth-order valence-electron chi connectivity index (χ4n) is 2.80. The van der Waals surface area contributed by atoms with Crippen molar-refractivity contribution in [3.63, 3.8) is 0 Å². The zero-order valence-electron chi connectivity index (χ0n) is 14.6. The van der Waals surface area contributed by atoms with Crippen LogP contribution in [0.15, 0.2) is 72.8 Å². The predicted octanol–water partition coefficient (Wildman–Crippen LogP) is 4.70. The molecule has 0 aliphatic heterocycles. The average Bonchev–Trinajstić information content (AvgIpc) is 2.67. The van der Waals surface area contributed by atoms with Gasteiger partial charge in [0.15, 0.2) is 0 Å². The van der Waals surface area contributed by atoms with Gasteiger partial charge in [-0.2, -0.15) is 0 Å². The Hall–Kier alpha value is -2.78. The van der Waals surface area contributed by atoms with Crippen molar-refractivity contribution in [2.24, 2.45) is 0 Å². The summed E-state index contributed by atoms with van der Waals surface area (Å²) in [6.45, 7) is 2.54. The smallest absolute Gasteiger partial charge is 0.122 e. The SMILES string of the molecule is CNc1cccc(C(O)c2ccc(OCc3ccccc3)c(C)c2)c1. The molecule has 0 aliphatic carbocycles. The summed E-state index contributed by atoms with van der Waals surface area (Å²) < 4.78 is 5.91. The van der Waals surface area contributed by atoms with Gasteiger partial charge in [0.05, 0.1) is 0 Å². The highest BCUT2D eigenvalue weighted by atomic mass is 16.5. The summed E-state index contributed by atoms with van der Waals surface area (Å²) in [5.74, 6) is 0.837. The van der Waals surface area contributed by atoms with Crippen LogP contribution in [-0.4, -0.2) is 12.2 Å². The maximum Gasteiger partial charge on any atom is 0.122 e. The van der Waals surface area contributed by atoms with Crippen LogP contribution in [0.3, 0.4) is 0 Å². The third-order valence-electron chi connectivity index (χ3n) is 4.24. The van der Waals surface area contributed by atoms with Crippen LogP contribution in [0.2, 0.25) is 0 Å². The van der Waals surface area contributed by atoms with Crippen molar-refractivity contribution in [1.29, 1.82) is 0 Å². The van der Waals surface area contributed by atoms with Crippen molar-refractivity contribution in [2.75, 3.05) is 12.4 Å². The van der Waals surface area contributed by atoms with Gasteiger partial charge in [-0.1, -0.05) is 48.5 Å². The molecule has 3 aromatic rings. The summed E-state index contributed by atoms with van der Waals surface area (Å²) in [7, 11) is 1.87. The molecule has 3 nitrogen and oxygen atoms in total. The van der Waals surface area contributed by atoms with Gasteiger partial charge in [0.1, 0.15) is 18.5 Å². The second-order valence-corrected chi connectivity index (χ2v) is 6.08. The van der Waals surface area contributed by atoms with Crippen molar-refractivity contribution in [3.05, 3.63) is 95.1 Å². The summed E-state index contributed by atoms with van der Waals surface area (Å²) in [6, 6.07) is 23.7. The summed E-state index contributed by atoms with van der Waals surface area (Å²) in [5, 5.41) is 13.8. The van der Waals surface area contributed by atoms with Crippen molar-refractivity contribution >= 4 is 5.69 Å². The Morgan fingerprint density at radius 2 is 1.68 bits per heavy atom. The monoisotopic (exact) mass is 333 g/mol. The maximum absolute atomic E-state index is 10.7.